The highest BCUT2D eigenvalue weighted by Crippen LogP contribution is 2.45. The van der Waals surface area contributed by atoms with Gasteiger partial charge in [-0.3, -0.25) is 4.98 Å². The van der Waals surface area contributed by atoms with Crippen molar-refractivity contribution in [3.05, 3.63) is 54.4 Å². The first-order valence-corrected chi connectivity index (χ1v) is 9.83. The normalized spacial score (nSPS) is 26.0. The molecule has 2 saturated heterocycles. The molecule has 7 heteroatoms. The van der Waals surface area contributed by atoms with Crippen molar-refractivity contribution in [3.63, 3.8) is 0 Å². The van der Waals surface area contributed by atoms with Gasteiger partial charge in [-0.15, -0.1) is 0 Å². The second kappa shape index (κ2) is 6.09. The number of benzene rings is 1. The van der Waals surface area contributed by atoms with Crippen LogP contribution in [0.2, 0.25) is 0 Å². The molecular weight excluding hydrogens is 338 g/mol. The summed E-state index contributed by atoms with van der Waals surface area (Å²) in [6.07, 6.45) is 4.34. The minimum Gasteiger partial charge on any atom is -0.339 e. The Hall–Kier alpha value is -1.96. The van der Waals surface area contributed by atoms with Gasteiger partial charge in [-0.25, -0.2) is 4.18 Å². The molecule has 6 nitrogen and oxygen atoms in total. The van der Waals surface area contributed by atoms with Crippen molar-refractivity contribution in [1.82, 2.24) is 10.3 Å². The summed E-state index contributed by atoms with van der Waals surface area (Å²) in [4.78, 5) is 6.35. The number of anilines is 1. The molecule has 0 bridgehead atoms. The molecule has 3 heterocycles. The smallest absolute Gasteiger partial charge is 0.299 e. The lowest BCUT2D eigenvalue weighted by Crippen LogP contribution is -2.75. The van der Waals surface area contributed by atoms with Gasteiger partial charge in [0.25, 0.3) is 10.1 Å². The maximum absolute atomic E-state index is 12.9. The fourth-order valence-corrected chi connectivity index (χ4v) is 4.88. The van der Waals surface area contributed by atoms with Gasteiger partial charge < -0.3 is 10.2 Å². The minimum absolute atomic E-state index is 0.175. The molecule has 1 aromatic carbocycles. The van der Waals surface area contributed by atoms with Crippen molar-refractivity contribution in [2.24, 2.45) is 5.92 Å². The number of pyridine rings is 1. The number of hydrogen-bond acceptors (Lipinski definition) is 6. The van der Waals surface area contributed by atoms with E-state index in [2.05, 4.69) is 10.3 Å². The average molecular weight is 359 g/mol. The van der Waals surface area contributed by atoms with E-state index in [1.165, 1.54) is 0 Å². The highest BCUT2D eigenvalue weighted by Gasteiger charge is 2.58. The highest BCUT2D eigenvalue weighted by atomic mass is 32.2. The summed E-state index contributed by atoms with van der Waals surface area (Å²) in [5, 5.41) is 3.29. The minimum atomic E-state index is -3.86. The fraction of sp³-hybridized carbons (Fsp3) is 0.389. The van der Waals surface area contributed by atoms with Gasteiger partial charge in [0, 0.05) is 25.2 Å². The van der Waals surface area contributed by atoms with Crippen LogP contribution in [0.15, 0.2) is 53.7 Å². The first-order valence-electron chi connectivity index (χ1n) is 8.42. The third kappa shape index (κ3) is 2.82. The van der Waals surface area contributed by atoms with Crippen LogP contribution in [0.4, 0.5) is 5.69 Å². The van der Waals surface area contributed by atoms with Gasteiger partial charge in [0.15, 0.2) is 5.72 Å². The van der Waals surface area contributed by atoms with Crippen LogP contribution in [0.3, 0.4) is 0 Å². The lowest BCUT2D eigenvalue weighted by atomic mass is 9.79. The van der Waals surface area contributed by atoms with Crippen LogP contribution in [0.25, 0.3) is 0 Å². The average Bonchev–Trinajstić information content (AvgIpc) is 2.59. The van der Waals surface area contributed by atoms with Crippen LogP contribution in [-0.4, -0.2) is 38.8 Å². The molecule has 0 unspecified atom stereocenters. The Morgan fingerprint density at radius 1 is 1.28 bits per heavy atom. The Morgan fingerprint density at radius 3 is 2.76 bits per heavy atom. The van der Waals surface area contributed by atoms with Crippen molar-refractivity contribution in [3.8, 4) is 0 Å². The van der Waals surface area contributed by atoms with Crippen LogP contribution in [0, 0.1) is 12.8 Å². The maximum atomic E-state index is 12.9. The molecule has 1 N–H and O–H groups in total. The number of rotatable bonds is 4. The highest BCUT2D eigenvalue weighted by molar-refractivity contribution is 7.86. The van der Waals surface area contributed by atoms with E-state index < -0.39 is 15.8 Å². The first kappa shape index (κ1) is 16.5. The predicted octanol–water partition coefficient (Wildman–Crippen LogP) is 1.92. The number of hydrogen-bond donors (Lipinski definition) is 1. The van der Waals surface area contributed by atoms with Crippen LogP contribution >= 0.6 is 0 Å². The summed E-state index contributed by atoms with van der Waals surface area (Å²) in [5.41, 5.74) is 1.00. The van der Waals surface area contributed by atoms with Gasteiger partial charge >= 0.3 is 0 Å². The molecule has 4 rings (SSSR count). The van der Waals surface area contributed by atoms with Crippen molar-refractivity contribution in [2.75, 3.05) is 24.5 Å². The molecule has 0 saturated carbocycles. The molecule has 2 aliphatic heterocycles. The van der Waals surface area contributed by atoms with Crippen molar-refractivity contribution in [2.45, 2.75) is 24.0 Å². The number of nitrogens with one attached hydrogen (secondary N) is 1. The largest absolute Gasteiger partial charge is 0.339 e. The van der Waals surface area contributed by atoms with Crippen LogP contribution in [0.5, 0.6) is 0 Å². The van der Waals surface area contributed by atoms with E-state index in [-0.39, 0.29) is 10.8 Å². The first-order chi connectivity index (χ1) is 12.0. The molecular formula is C18H21N3O3S. The summed E-state index contributed by atoms with van der Waals surface area (Å²) in [7, 11) is -3.86. The second-order valence-corrected chi connectivity index (χ2v) is 8.23. The van der Waals surface area contributed by atoms with Gasteiger partial charge in [-0.2, -0.15) is 8.42 Å². The Labute approximate surface area is 148 Å². The number of piperidine rings is 1. The Morgan fingerprint density at radius 2 is 2.08 bits per heavy atom. The second-order valence-electron chi connectivity index (χ2n) is 6.68. The predicted molar refractivity (Wildman–Crippen MR) is 94.7 cm³/mol. The van der Waals surface area contributed by atoms with Gasteiger partial charge in [0.2, 0.25) is 0 Å². The Kier molecular flexibility index (Phi) is 4.02. The number of nitrogens with zero attached hydrogens (tertiary/aromatic N) is 2. The molecule has 2 aliphatic rings. The third-order valence-electron chi connectivity index (χ3n) is 5.07. The number of aromatic nitrogens is 1. The molecule has 1 aromatic heterocycles. The molecule has 2 fully saturated rings. The molecule has 2 atom stereocenters. The molecule has 0 aliphatic carbocycles. The van der Waals surface area contributed by atoms with E-state index in [4.69, 9.17) is 4.18 Å². The molecule has 25 heavy (non-hydrogen) atoms. The molecule has 0 radical (unpaired) electrons. The van der Waals surface area contributed by atoms with Gasteiger partial charge in [0.05, 0.1) is 16.8 Å². The molecule has 132 valence electrons. The summed E-state index contributed by atoms with van der Waals surface area (Å²) < 4.78 is 31.6. The molecule has 0 amide bonds. The van der Waals surface area contributed by atoms with Crippen molar-refractivity contribution >= 4 is 15.8 Å². The lowest BCUT2D eigenvalue weighted by Gasteiger charge is -2.60. The Bertz CT molecular complexity index is 855. The van der Waals surface area contributed by atoms with E-state index >= 15 is 0 Å². The van der Waals surface area contributed by atoms with E-state index in [0.717, 1.165) is 30.8 Å². The van der Waals surface area contributed by atoms with E-state index in [1.807, 2.05) is 24.0 Å². The van der Waals surface area contributed by atoms with Gasteiger partial charge in [-0.1, -0.05) is 17.7 Å². The Balaban J connectivity index is 1.68. The zero-order chi connectivity index (χ0) is 17.5. The third-order valence-corrected chi connectivity index (χ3v) is 6.42. The number of fused-ring (bicyclic) bond motifs is 1. The lowest BCUT2D eigenvalue weighted by molar-refractivity contribution is -0.0617. The van der Waals surface area contributed by atoms with E-state index in [0.29, 0.717) is 6.54 Å². The van der Waals surface area contributed by atoms with E-state index in [9.17, 15) is 8.42 Å². The summed E-state index contributed by atoms with van der Waals surface area (Å²) in [6, 6.07) is 10.5. The fourth-order valence-electron chi connectivity index (χ4n) is 3.65. The van der Waals surface area contributed by atoms with E-state index in [1.54, 1.807) is 36.7 Å². The quantitative estimate of drug-likeness (QED) is 0.841. The monoisotopic (exact) mass is 359 g/mol. The van der Waals surface area contributed by atoms with Gasteiger partial charge in [-0.05, 0) is 44.2 Å². The van der Waals surface area contributed by atoms with Crippen molar-refractivity contribution < 1.29 is 12.6 Å². The SMILES string of the molecule is Cc1ccc(S(=O)(=O)O[C@]23CNCC[C@@H]2CN3c2cccnc2)cc1. The van der Waals surface area contributed by atoms with Crippen molar-refractivity contribution in [1.29, 1.82) is 0 Å². The van der Waals surface area contributed by atoms with Crippen LogP contribution in [0.1, 0.15) is 12.0 Å². The maximum Gasteiger partial charge on any atom is 0.299 e. The van der Waals surface area contributed by atoms with Crippen LogP contribution < -0.4 is 10.2 Å². The van der Waals surface area contributed by atoms with Crippen LogP contribution in [-0.2, 0) is 14.3 Å². The number of aryl methyl sites for hydroxylation is 1. The zero-order valence-corrected chi connectivity index (χ0v) is 14.9. The topological polar surface area (TPSA) is 71.5 Å². The summed E-state index contributed by atoms with van der Waals surface area (Å²) >= 11 is 0. The van der Waals surface area contributed by atoms with Gasteiger partial charge in [0.1, 0.15) is 0 Å². The molecule has 0 spiro atoms. The molecule has 2 aromatic rings. The summed E-state index contributed by atoms with van der Waals surface area (Å²) in [5.74, 6) is 0.175. The zero-order valence-electron chi connectivity index (χ0n) is 14.1. The standard InChI is InChI=1S/C18H21N3O3S/c1-14-4-6-17(7-5-14)25(22,23)24-18-13-20-10-8-15(18)12-21(18)16-3-2-9-19-11-16/h2-7,9,11,15,20H,8,10,12-13H2,1H3/t15-,18-/m1/s1. The summed E-state index contributed by atoms with van der Waals surface area (Å²) in [6.45, 7) is 4.04.